The van der Waals surface area contributed by atoms with E-state index in [9.17, 15) is 4.79 Å². The number of methoxy groups -OCH3 is 1. The van der Waals surface area contributed by atoms with Gasteiger partial charge in [-0.1, -0.05) is 0 Å². The Morgan fingerprint density at radius 2 is 2.23 bits per heavy atom. The zero-order valence-electron chi connectivity index (χ0n) is 12.3. The Kier molecular flexibility index (Phi) is 4.29. The maximum Gasteiger partial charge on any atom is 0.246 e. The normalized spacial score (nSPS) is 17.1. The minimum atomic E-state index is -0.135. The minimum absolute atomic E-state index is 0.0309. The van der Waals surface area contributed by atoms with Gasteiger partial charge < -0.3 is 15.0 Å². The van der Waals surface area contributed by atoms with Gasteiger partial charge in [-0.25, -0.2) is 9.97 Å². The predicted molar refractivity (Wildman–Crippen MR) is 79.2 cm³/mol. The molecular formula is C14H18N6O2. The van der Waals surface area contributed by atoms with Crippen LogP contribution in [0.1, 0.15) is 11.7 Å². The number of nitrogens with one attached hydrogen (secondary N) is 1. The maximum absolute atomic E-state index is 11.6. The molecule has 22 heavy (non-hydrogen) atoms. The van der Waals surface area contributed by atoms with Crippen LogP contribution in [-0.4, -0.2) is 52.5 Å². The fraction of sp³-hybridized carbons (Fsp3) is 0.429. The topological polar surface area (TPSA) is 85.2 Å². The van der Waals surface area contributed by atoms with Crippen LogP contribution >= 0.6 is 0 Å². The lowest BCUT2D eigenvalue weighted by molar-refractivity contribution is -0.124. The molecule has 0 saturated carbocycles. The van der Waals surface area contributed by atoms with Crippen molar-refractivity contribution in [2.45, 2.75) is 12.6 Å². The molecule has 1 N–H and O–H groups in total. The summed E-state index contributed by atoms with van der Waals surface area (Å²) in [5.41, 5.74) is 1.07. The molecule has 0 fully saturated rings. The molecule has 8 nitrogen and oxygen atoms in total. The van der Waals surface area contributed by atoms with Crippen LogP contribution in [0.15, 0.2) is 30.7 Å². The van der Waals surface area contributed by atoms with Crippen molar-refractivity contribution >= 4 is 11.9 Å². The number of amides is 1. The molecule has 1 aliphatic rings. The number of carbonyl (C=O) groups excluding carboxylic acids is 1. The van der Waals surface area contributed by atoms with Gasteiger partial charge in [-0.05, 0) is 12.1 Å². The zero-order valence-corrected chi connectivity index (χ0v) is 12.3. The molecule has 0 aromatic carbocycles. The Bertz CT molecular complexity index is 629. The van der Waals surface area contributed by atoms with E-state index in [2.05, 4.69) is 25.3 Å². The molecule has 0 spiro atoms. The quantitative estimate of drug-likeness (QED) is 0.836. The van der Waals surface area contributed by atoms with Crippen molar-refractivity contribution in [3.05, 3.63) is 36.4 Å². The average molecular weight is 302 g/mol. The molecular weight excluding hydrogens is 284 g/mol. The summed E-state index contributed by atoms with van der Waals surface area (Å²) >= 11 is 0. The van der Waals surface area contributed by atoms with Crippen molar-refractivity contribution in [2.75, 3.05) is 31.7 Å². The number of carbonyl (C=O) groups is 1. The summed E-state index contributed by atoms with van der Waals surface area (Å²) in [4.78, 5) is 22.3. The van der Waals surface area contributed by atoms with E-state index in [0.29, 0.717) is 25.6 Å². The molecule has 0 aliphatic carbocycles. The number of aromatic nitrogens is 4. The fourth-order valence-electron chi connectivity index (χ4n) is 2.56. The Balaban J connectivity index is 1.74. The van der Waals surface area contributed by atoms with Gasteiger partial charge in [0.1, 0.15) is 6.61 Å². The lowest BCUT2D eigenvalue weighted by atomic mass is 10.2. The Morgan fingerprint density at radius 3 is 3.00 bits per heavy atom. The second-order valence-corrected chi connectivity index (χ2v) is 5.09. The van der Waals surface area contributed by atoms with Crippen molar-refractivity contribution < 1.29 is 9.53 Å². The van der Waals surface area contributed by atoms with E-state index in [4.69, 9.17) is 4.74 Å². The van der Waals surface area contributed by atoms with Crippen LogP contribution in [0.2, 0.25) is 0 Å². The monoisotopic (exact) mass is 302 g/mol. The molecule has 1 amide bonds. The van der Waals surface area contributed by atoms with Crippen LogP contribution in [0.4, 0.5) is 5.95 Å². The molecule has 0 unspecified atom stereocenters. The smallest absolute Gasteiger partial charge is 0.246 e. The molecule has 1 aliphatic heterocycles. The van der Waals surface area contributed by atoms with Crippen LogP contribution in [0.3, 0.4) is 0 Å². The van der Waals surface area contributed by atoms with Crippen molar-refractivity contribution in [1.82, 2.24) is 25.1 Å². The first-order chi connectivity index (χ1) is 10.8. The molecule has 0 bridgehead atoms. The van der Waals surface area contributed by atoms with Gasteiger partial charge in [0.2, 0.25) is 11.9 Å². The highest BCUT2D eigenvalue weighted by atomic mass is 16.5. The van der Waals surface area contributed by atoms with Gasteiger partial charge in [0, 0.05) is 38.8 Å². The van der Waals surface area contributed by atoms with Gasteiger partial charge in [0.25, 0.3) is 0 Å². The number of anilines is 1. The van der Waals surface area contributed by atoms with Crippen molar-refractivity contribution in [2.24, 2.45) is 0 Å². The maximum atomic E-state index is 11.6. The third-order valence-corrected chi connectivity index (χ3v) is 3.53. The van der Waals surface area contributed by atoms with Crippen molar-refractivity contribution in [3.8, 4) is 0 Å². The predicted octanol–water partition coefficient (Wildman–Crippen LogP) is -0.00300. The Morgan fingerprint density at radius 1 is 1.41 bits per heavy atom. The summed E-state index contributed by atoms with van der Waals surface area (Å²) in [6.07, 6.45) is 5.22. The minimum Gasteiger partial charge on any atom is -0.375 e. The van der Waals surface area contributed by atoms with E-state index in [1.807, 2.05) is 10.7 Å². The molecule has 3 rings (SSSR count). The van der Waals surface area contributed by atoms with Crippen LogP contribution in [0, 0.1) is 0 Å². The van der Waals surface area contributed by atoms with Gasteiger partial charge in [0.15, 0.2) is 0 Å². The van der Waals surface area contributed by atoms with Crippen molar-refractivity contribution in [3.63, 3.8) is 0 Å². The highest BCUT2D eigenvalue weighted by Gasteiger charge is 2.27. The molecule has 0 radical (unpaired) electrons. The van der Waals surface area contributed by atoms with E-state index >= 15 is 0 Å². The highest BCUT2D eigenvalue weighted by molar-refractivity contribution is 5.77. The van der Waals surface area contributed by atoms with E-state index in [0.717, 1.165) is 5.69 Å². The first-order valence-corrected chi connectivity index (χ1v) is 7.08. The van der Waals surface area contributed by atoms with Crippen molar-refractivity contribution in [1.29, 1.82) is 0 Å². The lowest BCUT2D eigenvalue weighted by Crippen LogP contribution is -2.44. The first kappa shape index (κ1) is 14.5. The number of hydrogen-bond acceptors (Lipinski definition) is 6. The number of hydrogen-bond donors (Lipinski definition) is 1. The second kappa shape index (κ2) is 6.52. The summed E-state index contributed by atoms with van der Waals surface area (Å²) in [5, 5.41) is 7.22. The third-order valence-electron chi connectivity index (χ3n) is 3.53. The second-order valence-electron chi connectivity index (χ2n) is 5.09. The molecule has 8 heteroatoms. The van der Waals surface area contributed by atoms with Gasteiger partial charge in [0.05, 0.1) is 18.3 Å². The molecule has 1 atom stereocenters. The SMILES string of the molecule is COCC(=O)NC[C@@H]1CN(c2ncccn2)Cc2ccnn21. The average Bonchev–Trinajstić information content (AvgIpc) is 3.02. The zero-order chi connectivity index (χ0) is 15.4. The van der Waals surface area contributed by atoms with Gasteiger partial charge in [-0.2, -0.15) is 5.10 Å². The van der Waals surface area contributed by atoms with E-state index in [-0.39, 0.29) is 18.6 Å². The Hall–Kier alpha value is -2.48. The number of rotatable bonds is 5. The Labute approximate surface area is 128 Å². The summed E-state index contributed by atoms with van der Waals surface area (Å²) in [6, 6.07) is 3.79. The third kappa shape index (κ3) is 3.06. The molecule has 116 valence electrons. The molecule has 3 heterocycles. The summed E-state index contributed by atoms with van der Waals surface area (Å²) < 4.78 is 6.77. The van der Waals surface area contributed by atoms with Gasteiger partial charge in [-0.15, -0.1) is 0 Å². The fourth-order valence-corrected chi connectivity index (χ4v) is 2.56. The lowest BCUT2D eigenvalue weighted by Gasteiger charge is -2.33. The van der Waals surface area contributed by atoms with Crippen LogP contribution < -0.4 is 10.2 Å². The molecule has 2 aromatic heterocycles. The van der Waals surface area contributed by atoms with Crippen LogP contribution in [0.5, 0.6) is 0 Å². The largest absolute Gasteiger partial charge is 0.375 e. The summed E-state index contributed by atoms with van der Waals surface area (Å²) in [7, 11) is 1.50. The van der Waals surface area contributed by atoms with E-state index < -0.39 is 0 Å². The van der Waals surface area contributed by atoms with Gasteiger partial charge >= 0.3 is 0 Å². The number of fused-ring (bicyclic) bond motifs is 1. The van der Waals surface area contributed by atoms with E-state index in [1.165, 1.54) is 7.11 Å². The van der Waals surface area contributed by atoms with Crippen LogP contribution in [-0.2, 0) is 16.1 Å². The van der Waals surface area contributed by atoms with Gasteiger partial charge in [-0.3, -0.25) is 9.48 Å². The summed E-state index contributed by atoms with van der Waals surface area (Å²) in [6.45, 7) is 1.93. The van der Waals surface area contributed by atoms with E-state index in [1.54, 1.807) is 24.7 Å². The molecule has 0 saturated heterocycles. The summed E-state index contributed by atoms with van der Waals surface area (Å²) in [5.74, 6) is 0.549. The first-order valence-electron chi connectivity index (χ1n) is 7.08. The highest BCUT2D eigenvalue weighted by Crippen LogP contribution is 2.22. The molecule has 2 aromatic rings. The van der Waals surface area contributed by atoms with Crippen LogP contribution in [0.25, 0.3) is 0 Å². The number of nitrogens with zero attached hydrogens (tertiary/aromatic N) is 5. The number of ether oxygens (including phenoxy) is 1. The standard InChI is InChI=1S/C14H18N6O2/c1-22-10-13(21)17-7-12-9-19(14-15-4-2-5-16-14)8-11-3-6-18-20(11)12/h2-6,12H,7-10H2,1H3,(H,17,21)/t12-/m1/s1.